The zero-order valence-electron chi connectivity index (χ0n) is 10.3. The molecule has 1 heterocycles. The second-order valence-corrected chi connectivity index (χ2v) is 4.24. The lowest BCUT2D eigenvalue weighted by Crippen LogP contribution is -2.02. The van der Waals surface area contributed by atoms with Crippen LogP contribution in [0.1, 0.15) is 6.92 Å². The Kier molecular flexibility index (Phi) is 4.06. The van der Waals surface area contributed by atoms with Crippen LogP contribution in [0.5, 0.6) is 5.88 Å². The summed E-state index contributed by atoms with van der Waals surface area (Å²) < 4.78 is 18.5. The fraction of sp³-hybridized carbons (Fsp3) is 0.154. The Balaban J connectivity index is 2.25. The van der Waals surface area contributed by atoms with Gasteiger partial charge in [0.1, 0.15) is 11.6 Å². The summed E-state index contributed by atoms with van der Waals surface area (Å²) in [7, 11) is 0. The highest BCUT2D eigenvalue weighted by atomic mass is 35.5. The van der Waals surface area contributed by atoms with Gasteiger partial charge >= 0.3 is 0 Å². The molecule has 0 bridgehead atoms. The van der Waals surface area contributed by atoms with Crippen LogP contribution in [0.3, 0.4) is 0 Å². The summed E-state index contributed by atoms with van der Waals surface area (Å²) in [6.45, 7) is 2.31. The van der Waals surface area contributed by atoms with Crippen molar-refractivity contribution in [3.63, 3.8) is 0 Å². The number of nitrogens with zero attached hydrogens (tertiary/aromatic N) is 1. The molecule has 2 rings (SSSR count). The zero-order valence-corrected chi connectivity index (χ0v) is 11.0. The van der Waals surface area contributed by atoms with E-state index in [4.69, 9.17) is 22.1 Å². The normalized spacial score (nSPS) is 10.3. The Hall–Kier alpha value is -2.01. The van der Waals surface area contributed by atoms with E-state index in [-0.39, 0.29) is 0 Å². The van der Waals surface area contributed by atoms with Gasteiger partial charge in [-0.3, -0.25) is 0 Å². The molecule has 4 nitrogen and oxygen atoms in total. The van der Waals surface area contributed by atoms with Crippen LogP contribution < -0.4 is 15.8 Å². The van der Waals surface area contributed by atoms with Crippen LogP contribution in [0.2, 0.25) is 5.02 Å². The van der Waals surface area contributed by atoms with Gasteiger partial charge < -0.3 is 15.8 Å². The Labute approximate surface area is 115 Å². The average molecular weight is 282 g/mol. The van der Waals surface area contributed by atoms with Gasteiger partial charge in [0.2, 0.25) is 5.88 Å². The molecule has 0 saturated carbocycles. The van der Waals surface area contributed by atoms with E-state index in [2.05, 4.69) is 10.3 Å². The van der Waals surface area contributed by atoms with Gasteiger partial charge in [0.25, 0.3) is 0 Å². The fourth-order valence-corrected chi connectivity index (χ4v) is 1.77. The Bertz CT molecular complexity index is 572. The molecule has 0 radical (unpaired) electrons. The van der Waals surface area contributed by atoms with Gasteiger partial charge in [-0.25, -0.2) is 4.39 Å². The SMILES string of the molecule is CCOc1nc(Nc2cc(F)cc(Cl)c2)ccc1N. The molecule has 0 spiro atoms. The summed E-state index contributed by atoms with van der Waals surface area (Å²) in [5, 5.41) is 3.25. The molecule has 100 valence electrons. The maximum absolute atomic E-state index is 13.2. The first-order chi connectivity index (χ1) is 9.08. The third-order valence-electron chi connectivity index (χ3n) is 2.31. The summed E-state index contributed by atoms with van der Waals surface area (Å²) >= 11 is 5.78. The number of nitrogen functional groups attached to an aromatic ring is 1. The van der Waals surface area contributed by atoms with Crippen molar-refractivity contribution in [3.8, 4) is 5.88 Å². The van der Waals surface area contributed by atoms with E-state index in [1.165, 1.54) is 12.1 Å². The minimum atomic E-state index is -0.421. The van der Waals surface area contributed by atoms with E-state index in [1.54, 1.807) is 18.2 Å². The van der Waals surface area contributed by atoms with Gasteiger partial charge in [-0.1, -0.05) is 11.6 Å². The van der Waals surface area contributed by atoms with Gasteiger partial charge in [0.15, 0.2) is 0 Å². The molecular weight excluding hydrogens is 269 g/mol. The molecule has 0 saturated heterocycles. The molecule has 19 heavy (non-hydrogen) atoms. The van der Waals surface area contributed by atoms with Gasteiger partial charge in [0.05, 0.1) is 12.3 Å². The molecule has 0 aliphatic rings. The number of hydrogen-bond donors (Lipinski definition) is 2. The lowest BCUT2D eigenvalue weighted by molar-refractivity contribution is 0.329. The first kappa shape index (κ1) is 13.4. The number of ether oxygens (including phenoxy) is 1. The summed E-state index contributed by atoms with van der Waals surface area (Å²) in [6.07, 6.45) is 0. The number of anilines is 3. The van der Waals surface area contributed by atoms with Gasteiger partial charge in [-0.15, -0.1) is 0 Å². The average Bonchev–Trinajstić information content (AvgIpc) is 2.32. The number of hydrogen-bond acceptors (Lipinski definition) is 4. The van der Waals surface area contributed by atoms with E-state index < -0.39 is 5.82 Å². The first-order valence-corrected chi connectivity index (χ1v) is 6.08. The summed E-state index contributed by atoms with van der Waals surface area (Å²) in [4.78, 5) is 4.19. The first-order valence-electron chi connectivity index (χ1n) is 5.71. The molecule has 1 aromatic carbocycles. The molecule has 0 atom stereocenters. The van der Waals surface area contributed by atoms with Crippen molar-refractivity contribution >= 4 is 28.8 Å². The van der Waals surface area contributed by atoms with Crippen LogP contribution in [0, 0.1) is 5.82 Å². The number of halogens is 2. The van der Waals surface area contributed by atoms with Crippen LogP contribution in [0.25, 0.3) is 0 Å². The summed E-state index contributed by atoms with van der Waals surface area (Å²) in [5.74, 6) is 0.421. The van der Waals surface area contributed by atoms with Gasteiger partial charge in [0, 0.05) is 10.7 Å². The highest BCUT2D eigenvalue weighted by Crippen LogP contribution is 2.25. The Morgan fingerprint density at radius 1 is 1.37 bits per heavy atom. The molecule has 0 aliphatic carbocycles. The molecule has 0 amide bonds. The van der Waals surface area contributed by atoms with Crippen LogP contribution in [0.15, 0.2) is 30.3 Å². The maximum Gasteiger partial charge on any atom is 0.239 e. The van der Waals surface area contributed by atoms with Crippen molar-refractivity contribution in [2.24, 2.45) is 0 Å². The highest BCUT2D eigenvalue weighted by Gasteiger charge is 2.05. The van der Waals surface area contributed by atoms with Crippen LogP contribution >= 0.6 is 11.6 Å². The Morgan fingerprint density at radius 2 is 2.16 bits per heavy atom. The molecule has 0 unspecified atom stereocenters. The number of rotatable bonds is 4. The summed E-state index contributed by atoms with van der Waals surface area (Å²) in [6, 6.07) is 7.50. The van der Waals surface area contributed by atoms with Gasteiger partial charge in [-0.2, -0.15) is 4.98 Å². The molecule has 3 N–H and O–H groups in total. The van der Waals surface area contributed by atoms with Crippen molar-refractivity contribution in [2.75, 3.05) is 17.7 Å². The lowest BCUT2D eigenvalue weighted by atomic mass is 10.3. The van der Waals surface area contributed by atoms with Crippen LogP contribution in [0.4, 0.5) is 21.6 Å². The van der Waals surface area contributed by atoms with Crippen molar-refractivity contribution in [1.29, 1.82) is 0 Å². The largest absolute Gasteiger partial charge is 0.476 e. The van der Waals surface area contributed by atoms with E-state index in [0.717, 1.165) is 0 Å². The predicted molar refractivity (Wildman–Crippen MR) is 74.5 cm³/mol. The number of benzene rings is 1. The molecule has 0 fully saturated rings. The highest BCUT2D eigenvalue weighted by molar-refractivity contribution is 6.30. The second kappa shape index (κ2) is 5.75. The lowest BCUT2D eigenvalue weighted by Gasteiger charge is -2.10. The van der Waals surface area contributed by atoms with Crippen molar-refractivity contribution in [1.82, 2.24) is 4.98 Å². The predicted octanol–water partition coefficient (Wildman–Crippen LogP) is 3.60. The standard InChI is InChI=1S/C13H13ClFN3O/c1-2-19-13-11(16)3-4-12(18-13)17-10-6-8(14)5-9(15)7-10/h3-7H,2,16H2,1H3,(H,17,18). The topological polar surface area (TPSA) is 60.2 Å². The van der Waals surface area contributed by atoms with Crippen LogP contribution in [-0.4, -0.2) is 11.6 Å². The third kappa shape index (κ3) is 3.48. The minimum Gasteiger partial charge on any atom is -0.476 e. The number of aromatic nitrogens is 1. The molecule has 1 aromatic heterocycles. The number of nitrogens with two attached hydrogens (primary N) is 1. The number of pyridine rings is 1. The van der Waals surface area contributed by atoms with Gasteiger partial charge in [-0.05, 0) is 37.3 Å². The van der Waals surface area contributed by atoms with Crippen LogP contribution in [-0.2, 0) is 0 Å². The van der Waals surface area contributed by atoms with E-state index in [1.807, 2.05) is 6.92 Å². The Morgan fingerprint density at radius 3 is 2.84 bits per heavy atom. The monoisotopic (exact) mass is 281 g/mol. The minimum absolute atomic E-state index is 0.308. The summed E-state index contributed by atoms with van der Waals surface area (Å²) in [5.41, 5.74) is 6.67. The van der Waals surface area contributed by atoms with E-state index >= 15 is 0 Å². The molecular formula is C13H13ClFN3O. The molecule has 0 aliphatic heterocycles. The van der Waals surface area contributed by atoms with Crippen molar-refractivity contribution < 1.29 is 9.13 Å². The second-order valence-electron chi connectivity index (χ2n) is 3.81. The quantitative estimate of drug-likeness (QED) is 0.899. The van der Waals surface area contributed by atoms with E-state index in [9.17, 15) is 4.39 Å². The van der Waals surface area contributed by atoms with Crippen molar-refractivity contribution in [3.05, 3.63) is 41.2 Å². The van der Waals surface area contributed by atoms with Crippen molar-refractivity contribution in [2.45, 2.75) is 6.92 Å². The number of nitrogens with one attached hydrogen (secondary N) is 1. The molecule has 6 heteroatoms. The zero-order chi connectivity index (χ0) is 13.8. The smallest absolute Gasteiger partial charge is 0.239 e. The van der Waals surface area contributed by atoms with E-state index in [0.29, 0.717) is 34.7 Å². The third-order valence-corrected chi connectivity index (χ3v) is 2.52. The maximum atomic E-state index is 13.2. The fourth-order valence-electron chi connectivity index (χ4n) is 1.55. The molecule has 2 aromatic rings.